The van der Waals surface area contributed by atoms with E-state index in [0.29, 0.717) is 24.7 Å². The van der Waals surface area contributed by atoms with Gasteiger partial charge in [0.25, 0.3) is 0 Å². The number of fused-ring (bicyclic) bond motifs is 1. The Morgan fingerprint density at radius 3 is 2.85 bits per heavy atom. The van der Waals surface area contributed by atoms with E-state index in [4.69, 9.17) is 5.11 Å². The molecular weight excluding hydrogens is 328 g/mol. The van der Waals surface area contributed by atoms with E-state index >= 15 is 0 Å². The van der Waals surface area contributed by atoms with Gasteiger partial charge in [0, 0.05) is 18.8 Å². The number of hydrogen-bond acceptors (Lipinski definition) is 3. The Morgan fingerprint density at radius 2 is 2.15 bits per heavy atom. The van der Waals surface area contributed by atoms with Gasteiger partial charge < -0.3 is 15.3 Å². The molecule has 0 bridgehead atoms. The van der Waals surface area contributed by atoms with Gasteiger partial charge in [-0.1, -0.05) is 30.7 Å². The van der Waals surface area contributed by atoms with Gasteiger partial charge in [0.1, 0.15) is 0 Å². The van der Waals surface area contributed by atoms with Gasteiger partial charge in [0.15, 0.2) is 0 Å². The topological polar surface area (TPSA) is 77.8 Å². The van der Waals surface area contributed by atoms with Crippen LogP contribution < -0.4 is 0 Å². The Bertz CT molecular complexity index is 595. The van der Waals surface area contributed by atoms with E-state index in [1.54, 1.807) is 6.92 Å². The molecule has 0 saturated heterocycles. The average Bonchev–Trinajstić information content (AvgIpc) is 3.10. The summed E-state index contributed by atoms with van der Waals surface area (Å²) in [5, 5.41) is 29.4. The minimum absolute atomic E-state index is 0.0845. The highest BCUT2D eigenvalue weighted by Crippen LogP contribution is 2.50. The van der Waals surface area contributed by atoms with Gasteiger partial charge in [-0.2, -0.15) is 0 Å². The third-order valence-electron chi connectivity index (χ3n) is 5.85. The minimum atomic E-state index is -0.738. The van der Waals surface area contributed by atoms with E-state index in [1.165, 1.54) is 5.57 Å². The molecule has 0 amide bonds. The first kappa shape index (κ1) is 20.7. The van der Waals surface area contributed by atoms with Crippen LogP contribution in [-0.4, -0.2) is 33.5 Å². The van der Waals surface area contributed by atoms with Crippen molar-refractivity contribution in [1.82, 2.24) is 0 Å². The molecule has 2 aliphatic rings. The van der Waals surface area contributed by atoms with Crippen LogP contribution in [0, 0.1) is 35.5 Å². The van der Waals surface area contributed by atoms with Gasteiger partial charge >= 0.3 is 5.97 Å². The number of aliphatic carboxylic acids is 1. The normalized spacial score (nSPS) is 31.6. The lowest BCUT2D eigenvalue weighted by molar-refractivity contribution is -0.137. The predicted octanol–water partition coefficient (Wildman–Crippen LogP) is 3.54. The van der Waals surface area contributed by atoms with Crippen molar-refractivity contribution in [3.8, 4) is 11.8 Å². The number of rotatable bonds is 8. The highest BCUT2D eigenvalue weighted by atomic mass is 16.4. The molecule has 2 fully saturated rings. The zero-order chi connectivity index (χ0) is 19.1. The van der Waals surface area contributed by atoms with Crippen molar-refractivity contribution in [2.45, 2.75) is 71.0 Å². The smallest absolute Gasteiger partial charge is 0.303 e. The largest absolute Gasteiger partial charge is 0.481 e. The summed E-state index contributed by atoms with van der Waals surface area (Å²) >= 11 is 0. The van der Waals surface area contributed by atoms with E-state index < -0.39 is 12.1 Å². The number of carbonyl (C=O) groups is 1. The summed E-state index contributed by atoms with van der Waals surface area (Å²) in [6, 6.07) is 0. The number of unbranched alkanes of at least 4 members (excludes halogenated alkanes) is 1. The maximum absolute atomic E-state index is 10.6. The van der Waals surface area contributed by atoms with Gasteiger partial charge in [0.05, 0.1) is 12.2 Å². The predicted molar refractivity (Wildman–Crippen MR) is 102 cm³/mol. The summed E-state index contributed by atoms with van der Waals surface area (Å²) < 4.78 is 0. The molecule has 0 aliphatic heterocycles. The lowest BCUT2D eigenvalue weighted by Crippen LogP contribution is -2.19. The Kier molecular flexibility index (Phi) is 7.93. The molecule has 0 radical (unpaired) electrons. The fraction of sp³-hybridized carbons (Fsp3) is 0.682. The maximum Gasteiger partial charge on any atom is 0.303 e. The Labute approximate surface area is 157 Å². The first-order valence-corrected chi connectivity index (χ1v) is 9.76. The summed E-state index contributed by atoms with van der Waals surface area (Å²) in [4.78, 5) is 10.6. The highest BCUT2D eigenvalue weighted by Gasteiger charge is 2.44. The second kappa shape index (κ2) is 9.94. The number of aliphatic hydroxyl groups excluding tert-OH is 2. The van der Waals surface area contributed by atoms with Crippen LogP contribution in [-0.2, 0) is 4.79 Å². The Balaban J connectivity index is 1.89. The number of hydrogen-bond donors (Lipinski definition) is 3. The molecular formula is C22H32O4. The molecule has 0 aromatic heterocycles. The molecule has 6 atom stereocenters. The van der Waals surface area contributed by atoms with Crippen LogP contribution in [0.5, 0.6) is 0 Å². The van der Waals surface area contributed by atoms with Gasteiger partial charge in [-0.05, 0) is 56.8 Å². The molecule has 26 heavy (non-hydrogen) atoms. The minimum Gasteiger partial charge on any atom is -0.481 e. The van der Waals surface area contributed by atoms with E-state index in [1.807, 2.05) is 19.1 Å². The summed E-state index contributed by atoms with van der Waals surface area (Å²) in [5.41, 5.74) is 1.41. The number of aliphatic hydroxyl groups is 2. The van der Waals surface area contributed by atoms with Gasteiger partial charge in [-0.15, -0.1) is 11.8 Å². The lowest BCUT2D eigenvalue weighted by Gasteiger charge is -2.19. The highest BCUT2D eigenvalue weighted by molar-refractivity contribution is 5.66. The fourth-order valence-corrected chi connectivity index (χ4v) is 4.31. The molecule has 2 rings (SSSR count). The number of allylic oxidation sites excluding steroid dienone is 2. The Hall–Kier alpha value is -1.57. The van der Waals surface area contributed by atoms with Crippen molar-refractivity contribution in [2.24, 2.45) is 23.7 Å². The molecule has 0 aromatic rings. The molecule has 144 valence electrons. The van der Waals surface area contributed by atoms with Crippen molar-refractivity contribution >= 4 is 5.97 Å². The van der Waals surface area contributed by atoms with Crippen molar-refractivity contribution in [2.75, 3.05) is 0 Å². The summed E-state index contributed by atoms with van der Waals surface area (Å²) in [6.07, 6.45) is 10.4. The van der Waals surface area contributed by atoms with Gasteiger partial charge in [0.2, 0.25) is 0 Å². The lowest BCUT2D eigenvalue weighted by atomic mass is 9.89. The van der Waals surface area contributed by atoms with E-state index in [2.05, 4.69) is 17.9 Å². The molecule has 4 heteroatoms. The van der Waals surface area contributed by atoms with Crippen LogP contribution in [0.3, 0.4) is 0 Å². The van der Waals surface area contributed by atoms with Gasteiger partial charge in [-0.25, -0.2) is 0 Å². The average molecular weight is 360 g/mol. The standard InChI is InChI=1S/C22H32O4/c1-3-4-7-15(2)20(23)11-10-18-19-13-16(8-5-6-9-22(25)26)12-17(19)14-21(18)24/h8,10-11,15,17-21,23-24H,5-7,9,12-14H2,1-2H3,(H,25,26)/b11-10+,16-8-/t15-,17+,18-,19+,20-,21+/m0/s1. The van der Waals surface area contributed by atoms with E-state index in [0.717, 1.165) is 25.7 Å². The third-order valence-corrected chi connectivity index (χ3v) is 5.85. The van der Waals surface area contributed by atoms with Crippen LogP contribution in [0.4, 0.5) is 0 Å². The maximum atomic E-state index is 10.6. The first-order chi connectivity index (χ1) is 12.4. The monoisotopic (exact) mass is 360 g/mol. The van der Waals surface area contributed by atoms with Gasteiger partial charge in [-0.3, -0.25) is 4.79 Å². The van der Waals surface area contributed by atoms with Crippen LogP contribution in [0.1, 0.15) is 58.8 Å². The summed E-state index contributed by atoms with van der Waals surface area (Å²) in [6.45, 7) is 3.79. The molecule has 2 saturated carbocycles. The summed E-state index contributed by atoms with van der Waals surface area (Å²) in [7, 11) is 0. The number of carboxylic acids is 1. The quantitative estimate of drug-likeness (QED) is 0.351. The number of carboxylic acid groups (broad SMARTS) is 1. The molecule has 0 spiro atoms. The van der Waals surface area contributed by atoms with Crippen molar-refractivity contribution in [3.05, 3.63) is 23.8 Å². The van der Waals surface area contributed by atoms with Crippen LogP contribution >= 0.6 is 0 Å². The molecule has 3 N–H and O–H groups in total. The van der Waals surface area contributed by atoms with Crippen LogP contribution in [0.2, 0.25) is 0 Å². The third kappa shape index (κ3) is 5.72. The van der Waals surface area contributed by atoms with E-state index in [-0.39, 0.29) is 24.4 Å². The van der Waals surface area contributed by atoms with Crippen molar-refractivity contribution < 1.29 is 20.1 Å². The molecule has 0 unspecified atom stereocenters. The van der Waals surface area contributed by atoms with Crippen LogP contribution in [0.15, 0.2) is 23.8 Å². The molecule has 0 heterocycles. The Morgan fingerprint density at radius 1 is 1.38 bits per heavy atom. The molecule has 0 aromatic carbocycles. The summed E-state index contributed by atoms with van der Waals surface area (Å²) in [5.74, 6) is 6.25. The molecule has 4 nitrogen and oxygen atoms in total. The van der Waals surface area contributed by atoms with Crippen LogP contribution in [0.25, 0.3) is 0 Å². The van der Waals surface area contributed by atoms with Crippen molar-refractivity contribution in [1.29, 1.82) is 0 Å². The second-order valence-corrected chi connectivity index (χ2v) is 7.84. The molecule has 2 aliphatic carbocycles. The zero-order valence-corrected chi connectivity index (χ0v) is 15.9. The van der Waals surface area contributed by atoms with E-state index in [9.17, 15) is 15.0 Å². The van der Waals surface area contributed by atoms with Crippen molar-refractivity contribution in [3.63, 3.8) is 0 Å². The fourth-order valence-electron chi connectivity index (χ4n) is 4.31. The second-order valence-electron chi connectivity index (χ2n) is 7.84. The zero-order valence-electron chi connectivity index (χ0n) is 15.9. The SMILES string of the molecule is CC#CC[C@H](C)[C@@H](O)/C=C/[C@H]1[C@@H]2C/C(=C\CCCC(=O)O)C[C@@H]2C[C@H]1O. The first-order valence-electron chi connectivity index (χ1n) is 9.76.